The summed E-state index contributed by atoms with van der Waals surface area (Å²) in [4.78, 5) is 34.0. The highest BCUT2D eigenvalue weighted by atomic mass is 16.5. The Kier molecular flexibility index (Phi) is 5.98. The van der Waals surface area contributed by atoms with E-state index in [2.05, 4.69) is 15.0 Å². The van der Waals surface area contributed by atoms with Crippen molar-refractivity contribution in [3.8, 4) is 0 Å². The van der Waals surface area contributed by atoms with Gasteiger partial charge in [0.1, 0.15) is 6.04 Å². The fourth-order valence-corrected chi connectivity index (χ4v) is 1.69. The number of amides is 1. The molecule has 0 saturated carbocycles. The summed E-state index contributed by atoms with van der Waals surface area (Å²) < 4.78 is 4.46. The lowest BCUT2D eigenvalue weighted by Gasteiger charge is -2.17. The number of nitrogens with two attached hydrogens (primary N) is 1. The number of aliphatic carboxylic acids is 1. The Morgan fingerprint density at radius 3 is 2.75 bits per heavy atom. The highest BCUT2D eigenvalue weighted by Crippen LogP contribution is 2.02. The van der Waals surface area contributed by atoms with Gasteiger partial charge in [-0.2, -0.15) is 0 Å². The second-order valence-corrected chi connectivity index (χ2v) is 4.53. The van der Waals surface area contributed by atoms with Gasteiger partial charge in [-0.25, -0.2) is 14.7 Å². The Labute approximate surface area is 115 Å². The number of carboxylic acid groups (broad SMARTS) is 1. The van der Waals surface area contributed by atoms with Crippen LogP contribution in [0.2, 0.25) is 0 Å². The molecule has 0 aliphatic heterocycles. The van der Waals surface area contributed by atoms with Crippen LogP contribution in [0.3, 0.4) is 0 Å². The maximum atomic E-state index is 11.8. The van der Waals surface area contributed by atoms with Crippen LogP contribution >= 0.6 is 0 Å². The third-order valence-electron chi connectivity index (χ3n) is 2.88. The Hall–Kier alpha value is -2.09. The number of unbranched alkanes of at least 4 members (excludes halogenated alkanes) is 1. The molecule has 8 heteroatoms. The molecule has 1 aromatic heterocycles. The van der Waals surface area contributed by atoms with Gasteiger partial charge in [-0.1, -0.05) is 19.8 Å². The summed E-state index contributed by atoms with van der Waals surface area (Å²) in [7, 11) is 0. The van der Waals surface area contributed by atoms with Crippen LogP contribution < -0.4 is 16.7 Å². The lowest BCUT2D eigenvalue weighted by atomic mass is 10.1. The van der Waals surface area contributed by atoms with Gasteiger partial charge in [0.05, 0.1) is 11.6 Å². The minimum absolute atomic E-state index is 0.0161. The van der Waals surface area contributed by atoms with Gasteiger partial charge in [-0.15, -0.1) is 0 Å². The molecule has 1 rings (SSSR count). The number of hydrogen-bond acceptors (Lipinski definition) is 5. The molecule has 0 saturated heterocycles. The Morgan fingerprint density at radius 2 is 2.25 bits per heavy atom. The van der Waals surface area contributed by atoms with E-state index >= 15 is 0 Å². The zero-order valence-corrected chi connectivity index (χ0v) is 11.2. The van der Waals surface area contributed by atoms with Crippen molar-refractivity contribution in [1.82, 2.24) is 10.5 Å². The first-order valence-electron chi connectivity index (χ1n) is 6.40. The molecule has 1 aromatic rings. The summed E-state index contributed by atoms with van der Waals surface area (Å²) in [5.41, 5.74) is 5.31. The van der Waals surface area contributed by atoms with Gasteiger partial charge < -0.3 is 20.7 Å². The van der Waals surface area contributed by atoms with E-state index in [4.69, 9.17) is 10.8 Å². The number of aromatic amines is 1. The molecule has 0 unspecified atom stereocenters. The van der Waals surface area contributed by atoms with E-state index in [0.29, 0.717) is 12.8 Å². The fraction of sp³-hybridized carbons (Fsp3) is 0.583. The minimum Gasteiger partial charge on any atom is -0.480 e. The summed E-state index contributed by atoms with van der Waals surface area (Å²) in [6, 6.07) is -1.96. The van der Waals surface area contributed by atoms with Crippen molar-refractivity contribution >= 4 is 11.9 Å². The quantitative estimate of drug-likeness (QED) is 0.512. The SMILES string of the molecule is CCCC[C@H](NC(=O)[C@@H](N)Cc1c[nH]oc1=O)C(=O)O. The van der Waals surface area contributed by atoms with Crippen LogP contribution in [0.1, 0.15) is 31.7 Å². The second-order valence-electron chi connectivity index (χ2n) is 4.53. The van der Waals surface area contributed by atoms with Crippen molar-refractivity contribution in [2.75, 3.05) is 0 Å². The Morgan fingerprint density at radius 1 is 1.55 bits per heavy atom. The molecule has 112 valence electrons. The summed E-state index contributed by atoms with van der Waals surface area (Å²) in [6.45, 7) is 1.93. The van der Waals surface area contributed by atoms with Crippen LogP contribution in [0.25, 0.3) is 0 Å². The zero-order valence-electron chi connectivity index (χ0n) is 11.2. The van der Waals surface area contributed by atoms with Crippen LogP contribution in [-0.4, -0.2) is 34.2 Å². The Balaban J connectivity index is 2.57. The van der Waals surface area contributed by atoms with E-state index in [1.807, 2.05) is 6.92 Å². The average Bonchev–Trinajstić information content (AvgIpc) is 2.79. The van der Waals surface area contributed by atoms with E-state index in [1.165, 1.54) is 6.20 Å². The van der Waals surface area contributed by atoms with Crippen molar-refractivity contribution in [1.29, 1.82) is 0 Å². The highest BCUT2D eigenvalue weighted by Gasteiger charge is 2.23. The van der Waals surface area contributed by atoms with Gasteiger partial charge >= 0.3 is 11.6 Å². The molecule has 0 radical (unpaired) electrons. The van der Waals surface area contributed by atoms with Crippen LogP contribution in [-0.2, 0) is 16.0 Å². The maximum absolute atomic E-state index is 11.8. The molecule has 8 nitrogen and oxygen atoms in total. The molecule has 5 N–H and O–H groups in total. The Bertz CT molecular complexity index is 507. The predicted octanol–water partition coefficient (Wildman–Crippen LogP) is -0.403. The smallest absolute Gasteiger partial charge is 0.360 e. The zero-order chi connectivity index (χ0) is 15.1. The van der Waals surface area contributed by atoms with Crippen LogP contribution in [0.15, 0.2) is 15.5 Å². The van der Waals surface area contributed by atoms with Crippen LogP contribution in [0, 0.1) is 0 Å². The second kappa shape index (κ2) is 7.49. The number of H-pyrrole nitrogens is 1. The number of aromatic nitrogens is 1. The molecule has 1 heterocycles. The molecule has 0 aliphatic carbocycles. The first-order valence-corrected chi connectivity index (χ1v) is 6.40. The molecule has 0 aliphatic rings. The lowest BCUT2D eigenvalue weighted by Crippen LogP contribution is -2.49. The van der Waals surface area contributed by atoms with Gasteiger partial charge in [0.15, 0.2) is 0 Å². The number of hydrogen-bond donors (Lipinski definition) is 4. The highest BCUT2D eigenvalue weighted by molar-refractivity contribution is 5.86. The topological polar surface area (TPSA) is 138 Å². The largest absolute Gasteiger partial charge is 0.480 e. The van der Waals surface area contributed by atoms with Crippen molar-refractivity contribution in [2.45, 2.75) is 44.7 Å². The van der Waals surface area contributed by atoms with Crippen molar-refractivity contribution in [3.05, 3.63) is 22.2 Å². The molecule has 0 aromatic carbocycles. The summed E-state index contributed by atoms with van der Waals surface area (Å²) >= 11 is 0. The molecule has 0 bridgehead atoms. The lowest BCUT2D eigenvalue weighted by molar-refractivity contribution is -0.142. The fourth-order valence-electron chi connectivity index (χ4n) is 1.69. The first kappa shape index (κ1) is 16.0. The van der Waals surface area contributed by atoms with Crippen molar-refractivity contribution < 1.29 is 19.2 Å². The van der Waals surface area contributed by atoms with Gasteiger partial charge in [-0.05, 0) is 6.42 Å². The van der Waals surface area contributed by atoms with Crippen LogP contribution in [0.5, 0.6) is 0 Å². The number of carbonyl (C=O) groups excluding carboxylic acids is 1. The van der Waals surface area contributed by atoms with E-state index in [0.717, 1.165) is 6.42 Å². The molecule has 0 spiro atoms. The van der Waals surface area contributed by atoms with Gasteiger partial charge in [0.25, 0.3) is 0 Å². The molecule has 1 amide bonds. The van der Waals surface area contributed by atoms with E-state index in [9.17, 15) is 14.4 Å². The van der Waals surface area contributed by atoms with E-state index in [-0.39, 0.29) is 12.0 Å². The first-order chi connectivity index (χ1) is 9.45. The van der Waals surface area contributed by atoms with Gasteiger partial charge in [0.2, 0.25) is 5.91 Å². The summed E-state index contributed by atoms with van der Waals surface area (Å²) in [5, 5.41) is 13.6. The minimum atomic E-state index is -1.10. The molecular formula is C12H19N3O5. The number of carbonyl (C=O) groups is 2. The van der Waals surface area contributed by atoms with Crippen molar-refractivity contribution in [3.63, 3.8) is 0 Å². The monoisotopic (exact) mass is 285 g/mol. The van der Waals surface area contributed by atoms with Crippen LogP contribution in [0.4, 0.5) is 0 Å². The number of nitrogens with one attached hydrogen (secondary N) is 2. The normalized spacial score (nSPS) is 13.7. The standard InChI is InChI=1S/C12H19N3O5/c1-2-3-4-9(11(17)18)15-10(16)8(13)5-7-6-14-20-12(7)19/h6,8-9,14H,2-5,13H2,1H3,(H,15,16)(H,17,18)/t8-,9-/m0/s1. The third-order valence-corrected chi connectivity index (χ3v) is 2.88. The van der Waals surface area contributed by atoms with Gasteiger partial charge in [-0.3, -0.25) is 4.79 Å². The van der Waals surface area contributed by atoms with E-state index < -0.39 is 29.6 Å². The van der Waals surface area contributed by atoms with Crippen molar-refractivity contribution in [2.24, 2.45) is 5.73 Å². The molecule has 0 fully saturated rings. The number of carboxylic acids is 1. The molecule has 2 atom stereocenters. The van der Waals surface area contributed by atoms with E-state index in [1.54, 1.807) is 0 Å². The third kappa shape index (κ3) is 4.54. The van der Waals surface area contributed by atoms with Gasteiger partial charge in [0, 0.05) is 12.6 Å². The number of rotatable bonds is 8. The average molecular weight is 285 g/mol. The molecule has 20 heavy (non-hydrogen) atoms. The molecular weight excluding hydrogens is 266 g/mol. The predicted molar refractivity (Wildman–Crippen MR) is 70.1 cm³/mol. The summed E-state index contributed by atoms with van der Waals surface area (Å²) in [6.07, 6.45) is 3.17. The maximum Gasteiger partial charge on any atom is 0.360 e. The summed E-state index contributed by atoms with van der Waals surface area (Å²) in [5.74, 6) is -1.70.